The Balaban J connectivity index is 1.44. The van der Waals surface area contributed by atoms with Crippen LogP contribution < -0.4 is 10.1 Å². The van der Waals surface area contributed by atoms with E-state index in [0.29, 0.717) is 34.7 Å². The van der Waals surface area contributed by atoms with Crippen LogP contribution >= 0.6 is 0 Å². The first-order valence-electron chi connectivity index (χ1n) is 10.2. The van der Waals surface area contributed by atoms with Crippen LogP contribution in [-0.2, 0) is 9.84 Å². The fraction of sp³-hybridized carbons (Fsp3) is 0.261. The van der Waals surface area contributed by atoms with E-state index in [2.05, 4.69) is 15.5 Å². The molecule has 1 heterocycles. The SMILES string of the molecule is O=S(=O)(c1cccc2ccccc12)c1[nH]nc2ccc(OCCCNC3CC3)cc12. The summed E-state index contributed by atoms with van der Waals surface area (Å²) in [6.07, 6.45) is 3.44. The lowest BCUT2D eigenvalue weighted by Crippen LogP contribution is -2.19. The van der Waals surface area contributed by atoms with E-state index in [-0.39, 0.29) is 9.92 Å². The number of aromatic nitrogens is 2. The van der Waals surface area contributed by atoms with Gasteiger partial charge in [0.1, 0.15) is 5.75 Å². The van der Waals surface area contributed by atoms with Gasteiger partial charge in [-0.1, -0.05) is 36.4 Å². The monoisotopic (exact) mass is 421 g/mol. The van der Waals surface area contributed by atoms with Gasteiger partial charge in [0.2, 0.25) is 9.84 Å². The molecular formula is C23H23N3O3S. The Hall–Kier alpha value is -2.90. The quantitative estimate of drug-likeness (QED) is 0.419. The van der Waals surface area contributed by atoms with Crippen LogP contribution in [0.4, 0.5) is 0 Å². The molecule has 3 aromatic carbocycles. The minimum atomic E-state index is -3.78. The molecule has 1 aliphatic carbocycles. The Labute approximate surface area is 175 Å². The normalized spacial score (nSPS) is 14.4. The zero-order valence-electron chi connectivity index (χ0n) is 16.5. The van der Waals surface area contributed by atoms with E-state index in [1.54, 1.807) is 24.3 Å². The van der Waals surface area contributed by atoms with Crippen molar-refractivity contribution in [3.8, 4) is 5.75 Å². The van der Waals surface area contributed by atoms with Crippen molar-refractivity contribution in [1.82, 2.24) is 15.5 Å². The third kappa shape index (κ3) is 3.66. The fourth-order valence-electron chi connectivity index (χ4n) is 3.66. The molecule has 7 heteroatoms. The number of sulfone groups is 1. The molecular weight excluding hydrogens is 398 g/mol. The Morgan fingerprint density at radius 2 is 1.87 bits per heavy atom. The molecule has 30 heavy (non-hydrogen) atoms. The second-order valence-corrected chi connectivity index (χ2v) is 9.50. The van der Waals surface area contributed by atoms with Crippen LogP contribution in [0.15, 0.2) is 70.6 Å². The van der Waals surface area contributed by atoms with Crippen molar-refractivity contribution in [3.63, 3.8) is 0 Å². The van der Waals surface area contributed by atoms with Gasteiger partial charge in [0.15, 0.2) is 5.03 Å². The smallest absolute Gasteiger partial charge is 0.224 e. The van der Waals surface area contributed by atoms with E-state index in [9.17, 15) is 8.42 Å². The molecule has 0 atom stereocenters. The predicted molar refractivity (Wildman–Crippen MR) is 117 cm³/mol. The molecule has 5 rings (SSSR count). The standard InChI is InChI=1S/C23H23N3O3S/c27-30(28,22-8-3-6-16-5-1-2-7-19(16)22)23-20-15-18(11-12-21(20)25-26-23)29-14-4-13-24-17-9-10-17/h1-3,5-8,11-12,15,17,24H,4,9-10,13-14H2,(H,25,26). The molecule has 1 saturated carbocycles. The van der Waals surface area contributed by atoms with Crippen LogP contribution in [0.2, 0.25) is 0 Å². The van der Waals surface area contributed by atoms with Crippen molar-refractivity contribution >= 4 is 31.5 Å². The summed E-state index contributed by atoms with van der Waals surface area (Å²) in [7, 11) is -3.78. The first-order chi connectivity index (χ1) is 14.6. The van der Waals surface area contributed by atoms with Crippen LogP contribution in [0.5, 0.6) is 5.75 Å². The van der Waals surface area contributed by atoms with Gasteiger partial charge in [-0.3, -0.25) is 5.10 Å². The van der Waals surface area contributed by atoms with Gasteiger partial charge in [-0.2, -0.15) is 5.10 Å². The van der Waals surface area contributed by atoms with Crippen LogP contribution in [0.3, 0.4) is 0 Å². The largest absolute Gasteiger partial charge is 0.494 e. The second kappa shape index (κ2) is 7.74. The lowest BCUT2D eigenvalue weighted by atomic mass is 10.1. The minimum absolute atomic E-state index is 0.0923. The summed E-state index contributed by atoms with van der Waals surface area (Å²) < 4.78 is 32.8. The number of ether oxygens (including phenoxy) is 1. The molecule has 154 valence electrons. The van der Waals surface area contributed by atoms with Gasteiger partial charge >= 0.3 is 0 Å². The summed E-state index contributed by atoms with van der Waals surface area (Å²) in [5.41, 5.74) is 0.594. The van der Waals surface area contributed by atoms with E-state index in [4.69, 9.17) is 4.74 Å². The van der Waals surface area contributed by atoms with Crippen molar-refractivity contribution in [3.05, 3.63) is 60.7 Å². The van der Waals surface area contributed by atoms with Crippen molar-refractivity contribution in [2.24, 2.45) is 0 Å². The van der Waals surface area contributed by atoms with Crippen molar-refractivity contribution < 1.29 is 13.2 Å². The van der Waals surface area contributed by atoms with Crippen LogP contribution in [0, 0.1) is 0 Å². The Kier molecular flexibility index (Phi) is 4.92. The highest BCUT2D eigenvalue weighted by Gasteiger charge is 2.25. The molecule has 6 nitrogen and oxygen atoms in total. The summed E-state index contributed by atoms with van der Waals surface area (Å²) in [6, 6.07) is 18.8. The maximum Gasteiger partial charge on any atom is 0.224 e. The van der Waals surface area contributed by atoms with Gasteiger partial charge < -0.3 is 10.1 Å². The molecule has 0 aliphatic heterocycles. The third-order valence-electron chi connectivity index (χ3n) is 5.40. The molecule has 0 bridgehead atoms. The van der Waals surface area contributed by atoms with Crippen LogP contribution in [-0.4, -0.2) is 37.8 Å². The first kappa shape index (κ1) is 19.1. The average molecular weight is 422 g/mol. The molecule has 1 fully saturated rings. The lowest BCUT2D eigenvalue weighted by molar-refractivity contribution is 0.308. The van der Waals surface area contributed by atoms with E-state index in [1.165, 1.54) is 12.8 Å². The Morgan fingerprint density at radius 1 is 1.03 bits per heavy atom. The number of fused-ring (bicyclic) bond motifs is 2. The van der Waals surface area contributed by atoms with Gasteiger partial charge in [-0.15, -0.1) is 0 Å². The lowest BCUT2D eigenvalue weighted by Gasteiger charge is -2.09. The maximum atomic E-state index is 13.5. The number of rotatable bonds is 8. The zero-order chi connectivity index (χ0) is 20.6. The summed E-state index contributed by atoms with van der Waals surface area (Å²) >= 11 is 0. The summed E-state index contributed by atoms with van der Waals surface area (Å²) in [5, 5.41) is 12.6. The Morgan fingerprint density at radius 3 is 2.73 bits per heavy atom. The number of aromatic amines is 1. The molecule has 2 N–H and O–H groups in total. The van der Waals surface area contributed by atoms with Gasteiger partial charge in [-0.25, -0.2) is 8.42 Å². The summed E-state index contributed by atoms with van der Waals surface area (Å²) in [5.74, 6) is 0.643. The van der Waals surface area contributed by atoms with Crippen LogP contribution in [0.25, 0.3) is 21.7 Å². The molecule has 1 aliphatic rings. The summed E-state index contributed by atoms with van der Waals surface area (Å²) in [4.78, 5) is 0.267. The molecule has 4 aromatic rings. The number of H-pyrrole nitrogens is 1. The maximum absolute atomic E-state index is 13.5. The molecule has 1 aromatic heterocycles. The average Bonchev–Trinajstić information content (AvgIpc) is 3.49. The number of hydrogen-bond acceptors (Lipinski definition) is 5. The molecule has 0 unspecified atom stereocenters. The molecule has 0 spiro atoms. The highest BCUT2D eigenvalue weighted by molar-refractivity contribution is 7.91. The number of hydrogen-bond donors (Lipinski definition) is 2. The Bertz CT molecular complexity index is 1300. The van der Waals surface area contributed by atoms with E-state index in [0.717, 1.165) is 18.4 Å². The van der Waals surface area contributed by atoms with Gasteiger partial charge in [-0.05, 0) is 55.5 Å². The minimum Gasteiger partial charge on any atom is -0.494 e. The topological polar surface area (TPSA) is 84.1 Å². The first-order valence-corrected chi connectivity index (χ1v) is 11.7. The van der Waals surface area contributed by atoms with E-state index in [1.807, 2.05) is 36.4 Å². The van der Waals surface area contributed by atoms with Crippen molar-refractivity contribution in [2.75, 3.05) is 13.2 Å². The highest BCUT2D eigenvalue weighted by Crippen LogP contribution is 2.32. The third-order valence-corrected chi connectivity index (χ3v) is 7.18. The van der Waals surface area contributed by atoms with E-state index >= 15 is 0 Å². The number of nitrogens with zero attached hydrogens (tertiary/aromatic N) is 1. The molecule has 0 saturated heterocycles. The van der Waals surface area contributed by atoms with Crippen molar-refractivity contribution in [2.45, 2.75) is 35.2 Å². The van der Waals surface area contributed by atoms with Gasteiger partial charge in [0, 0.05) is 16.8 Å². The molecule has 0 radical (unpaired) electrons. The highest BCUT2D eigenvalue weighted by atomic mass is 32.2. The second-order valence-electron chi connectivity index (χ2n) is 7.64. The van der Waals surface area contributed by atoms with Gasteiger partial charge in [0.05, 0.1) is 17.0 Å². The summed E-state index contributed by atoms with van der Waals surface area (Å²) in [6.45, 7) is 1.51. The van der Waals surface area contributed by atoms with Crippen molar-refractivity contribution in [1.29, 1.82) is 0 Å². The van der Waals surface area contributed by atoms with E-state index < -0.39 is 9.84 Å². The number of benzene rings is 3. The van der Waals surface area contributed by atoms with Crippen LogP contribution in [0.1, 0.15) is 19.3 Å². The van der Waals surface area contributed by atoms with Gasteiger partial charge in [0.25, 0.3) is 0 Å². The zero-order valence-corrected chi connectivity index (χ0v) is 17.3. The number of nitrogens with one attached hydrogen (secondary N) is 2. The fourth-order valence-corrected chi connectivity index (χ4v) is 5.23. The predicted octanol–water partition coefficient (Wildman–Crippen LogP) is 4.07. The molecule has 0 amide bonds.